The Balaban J connectivity index is 3.24. The Hall–Kier alpha value is -0.570. The van der Waals surface area contributed by atoms with Crippen LogP contribution in [0.25, 0.3) is 0 Å². The van der Waals surface area contributed by atoms with Gasteiger partial charge in [0.2, 0.25) is 0 Å². The van der Waals surface area contributed by atoms with Crippen molar-refractivity contribution >= 4 is 5.97 Å². The number of aliphatic hydroxyl groups is 1. The summed E-state index contributed by atoms with van der Waals surface area (Å²) in [6.45, 7) is 3.79. The average molecular weight is 216 g/mol. The summed E-state index contributed by atoms with van der Waals surface area (Å²) in [7, 11) is 0. The lowest BCUT2D eigenvalue weighted by atomic mass is 10.1. The van der Waals surface area contributed by atoms with E-state index in [2.05, 4.69) is 6.92 Å². The maximum atomic E-state index is 11.2. The molecule has 0 aromatic heterocycles. The van der Waals surface area contributed by atoms with Crippen molar-refractivity contribution in [3.8, 4) is 0 Å². The first-order valence-electron chi connectivity index (χ1n) is 6.01. The number of carbonyl (C=O) groups is 1. The molecule has 0 aromatic carbocycles. The summed E-state index contributed by atoms with van der Waals surface area (Å²) in [6, 6.07) is 0. The van der Waals surface area contributed by atoms with Gasteiger partial charge in [-0.1, -0.05) is 39.0 Å². The van der Waals surface area contributed by atoms with E-state index in [0.717, 1.165) is 12.8 Å². The molecule has 3 heteroatoms. The molecule has 0 aromatic rings. The van der Waals surface area contributed by atoms with Crippen LogP contribution in [0.2, 0.25) is 0 Å². The number of rotatable bonds is 9. The second-order valence-electron chi connectivity index (χ2n) is 4.00. The Morgan fingerprint density at radius 3 is 2.40 bits per heavy atom. The summed E-state index contributed by atoms with van der Waals surface area (Å²) in [5.41, 5.74) is 0. The highest BCUT2D eigenvalue weighted by Gasteiger charge is 2.07. The van der Waals surface area contributed by atoms with E-state index in [1.807, 2.05) is 0 Å². The average Bonchev–Trinajstić information content (AvgIpc) is 2.23. The molecule has 0 aliphatic rings. The first-order valence-corrected chi connectivity index (χ1v) is 6.01. The third kappa shape index (κ3) is 9.73. The van der Waals surface area contributed by atoms with Crippen LogP contribution in [0.3, 0.4) is 0 Å². The van der Waals surface area contributed by atoms with Gasteiger partial charge in [-0.05, 0) is 13.3 Å². The van der Waals surface area contributed by atoms with E-state index in [9.17, 15) is 4.79 Å². The molecule has 0 saturated heterocycles. The molecule has 0 heterocycles. The number of hydrogen-bond donors (Lipinski definition) is 1. The Bertz CT molecular complexity index is 157. The maximum absolute atomic E-state index is 11.2. The fraction of sp³-hybridized carbons (Fsp3) is 0.917. The van der Waals surface area contributed by atoms with Crippen LogP contribution in [0.1, 0.15) is 58.8 Å². The Labute approximate surface area is 92.8 Å². The standard InChI is InChI=1S/C12H24O3/c1-3-4-5-6-7-8-9-12(14)15-11(2)10-13/h11,13H,3-10H2,1-2H3/t11-/m1/s1. The van der Waals surface area contributed by atoms with Crippen LogP contribution in [-0.4, -0.2) is 23.8 Å². The summed E-state index contributed by atoms with van der Waals surface area (Å²) < 4.78 is 4.94. The number of hydrogen-bond acceptors (Lipinski definition) is 3. The molecule has 15 heavy (non-hydrogen) atoms. The van der Waals surface area contributed by atoms with E-state index >= 15 is 0 Å². The molecule has 0 unspecified atom stereocenters. The lowest BCUT2D eigenvalue weighted by molar-refractivity contribution is -0.150. The first-order chi connectivity index (χ1) is 7.20. The predicted molar refractivity (Wildman–Crippen MR) is 60.6 cm³/mol. The summed E-state index contributed by atoms with van der Waals surface area (Å²) in [6.07, 6.45) is 7.12. The number of esters is 1. The van der Waals surface area contributed by atoms with E-state index in [1.165, 1.54) is 25.7 Å². The van der Waals surface area contributed by atoms with E-state index in [-0.39, 0.29) is 18.7 Å². The van der Waals surface area contributed by atoms with Crippen molar-refractivity contribution in [1.29, 1.82) is 0 Å². The van der Waals surface area contributed by atoms with E-state index < -0.39 is 0 Å². The van der Waals surface area contributed by atoms with Gasteiger partial charge in [0.25, 0.3) is 0 Å². The number of carbonyl (C=O) groups excluding carboxylic acids is 1. The minimum absolute atomic E-state index is 0.0950. The van der Waals surface area contributed by atoms with Gasteiger partial charge < -0.3 is 9.84 Å². The molecule has 0 rings (SSSR count). The van der Waals surface area contributed by atoms with Crippen molar-refractivity contribution in [2.24, 2.45) is 0 Å². The minimum atomic E-state index is -0.363. The Morgan fingerprint density at radius 2 is 1.80 bits per heavy atom. The molecule has 0 saturated carbocycles. The highest BCUT2D eigenvalue weighted by molar-refractivity contribution is 5.69. The van der Waals surface area contributed by atoms with Crippen LogP contribution >= 0.6 is 0 Å². The highest BCUT2D eigenvalue weighted by Crippen LogP contribution is 2.07. The molecule has 0 bridgehead atoms. The van der Waals surface area contributed by atoms with Crippen molar-refractivity contribution in [3.63, 3.8) is 0 Å². The van der Waals surface area contributed by atoms with Gasteiger partial charge in [-0.15, -0.1) is 0 Å². The van der Waals surface area contributed by atoms with Crippen LogP contribution < -0.4 is 0 Å². The van der Waals surface area contributed by atoms with E-state index in [0.29, 0.717) is 6.42 Å². The molecule has 0 spiro atoms. The molecule has 3 nitrogen and oxygen atoms in total. The molecular weight excluding hydrogens is 192 g/mol. The zero-order valence-electron chi connectivity index (χ0n) is 10.00. The molecule has 0 aliphatic carbocycles. The van der Waals surface area contributed by atoms with Gasteiger partial charge in [-0.2, -0.15) is 0 Å². The third-order valence-corrected chi connectivity index (χ3v) is 2.32. The van der Waals surface area contributed by atoms with Gasteiger partial charge >= 0.3 is 5.97 Å². The molecule has 0 radical (unpaired) electrons. The summed E-state index contributed by atoms with van der Waals surface area (Å²) in [5.74, 6) is -0.188. The van der Waals surface area contributed by atoms with Crippen LogP contribution in [0.15, 0.2) is 0 Å². The molecule has 0 amide bonds. The van der Waals surface area contributed by atoms with Crippen molar-refractivity contribution in [2.75, 3.05) is 6.61 Å². The molecule has 90 valence electrons. The van der Waals surface area contributed by atoms with Crippen molar-refractivity contribution < 1.29 is 14.6 Å². The zero-order valence-corrected chi connectivity index (χ0v) is 10.00. The minimum Gasteiger partial charge on any atom is -0.460 e. The number of ether oxygens (including phenoxy) is 1. The topological polar surface area (TPSA) is 46.5 Å². The second-order valence-corrected chi connectivity index (χ2v) is 4.00. The van der Waals surface area contributed by atoms with E-state index in [1.54, 1.807) is 6.92 Å². The Kier molecular flexibility index (Phi) is 9.59. The summed E-state index contributed by atoms with van der Waals surface area (Å²) in [4.78, 5) is 11.2. The monoisotopic (exact) mass is 216 g/mol. The third-order valence-electron chi connectivity index (χ3n) is 2.32. The second kappa shape index (κ2) is 9.97. The Morgan fingerprint density at radius 1 is 1.20 bits per heavy atom. The summed E-state index contributed by atoms with van der Waals surface area (Å²) in [5, 5.41) is 8.68. The van der Waals surface area contributed by atoms with Gasteiger partial charge in [0.1, 0.15) is 6.10 Å². The lowest BCUT2D eigenvalue weighted by Crippen LogP contribution is -2.18. The largest absolute Gasteiger partial charge is 0.460 e. The molecule has 0 aliphatic heterocycles. The highest BCUT2D eigenvalue weighted by atomic mass is 16.5. The van der Waals surface area contributed by atoms with Crippen LogP contribution in [0.5, 0.6) is 0 Å². The SMILES string of the molecule is CCCCCCCCC(=O)O[C@H](C)CO. The van der Waals surface area contributed by atoms with Crippen molar-refractivity contribution in [2.45, 2.75) is 64.9 Å². The van der Waals surface area contributed by atoms with Crippen LogP contribution in [0, 0.1) is 0 Å². The first kappa shape index (κ1) is 14.4. The molecule has 0 fully saturated rings. The predicted octanol–water partition coefficient (Wildman–Crippen LogP) is 2.66. The fourth-order valence-electron chi connectivity index (χ4n) is 1.37. The lowest BCUT2D eigenvalue weighted by Gasteiger charge is -2.09. The number of unbranched alkanes of at least 4 members (excludes halogenated alkanes) is 5. The van der Waals surface area contributed by atoms with Gasteiger partial charge in [-0.3, -0.25) is 4.79 Å². The van der Waals surface area contributed by atoms with Gasteiger partial charge in [0.05, 0.1) is 6.61 Å². The van der Waals surface area contributed by atoms with Gasteiger partial charge in [-0.25, -0.2) is 0 Å². The van der Waals surface area contributed by atoms with Gasteiger partial charge in [0, 0.05) is 6.42 Å². The van der Waals surface area contributed by atoms with Gasteiger partial charge in [0.15, 0.2) is 0 Å². The molecular formula is C12H24O3. The van der Waals surface area contributed by atoms with E-state index in [4.69, 9.17) is 9.84 Å². The zero-order chi connectivity index (χ0) is 11.5. The molecule has 1 N–H and O–H groups in total. The quantitative estimate of drug-likeness (QED) is 0.476. The summed E-state index contributed by atoms with van der Waals surface area (Å²) >= 11 is 0. The smallest absolute Gasteiger partial charge is 0.306 e. The van der Waals surface area contributed by atoms with Crippen molar-refractivity contribution in [3.05, 3.63) is 0 Å². The normalized spacial score (nSPS) is 12.5. The molecule has 1 atom stereocenters. The fourth-order valence-corrected chi connectivity index (χ4v) is 1.37. The van der Waals surface area contributed by atoms with Crippen LogP contribution in [-0.2, 0) is 9.53 Å². The van der Waals surface area contributed by atoms with Crippen molar-refractivity contribution in [1.82, 2.24) is 0 Å². The van der Waals surface area contributed by atoms with Crippen LogP contribution in [0.4, 0.5) is 0 Å². The maximum Gasteiger partial charge on any atom is 0.306 e. The number of aliphatic hydroxyl groups excluding tert-OH is 1.